The van der Waals surface area contributed by atoms with Crippen LogP contribution in [0.5, 0.6) is 0 Å². The number of benzene rings is 1. The Balaban J connectivity index is 2.12. The highest BCUT2D eigenvalue weighted by molar-refractivity contribution is 5.75. The summed E-state index contributed by atoms with van der Waals surface area (Å²) < 4.78 is 6.78. The molecule has 0 aliphatic rings. The van der Waals surface area contributed by atoms with Crippen LogP contribution >= 0.6 is 0 Å². The molecule has 19 heavy (non-hydrogen) atoms. The maximum absolute atomic E-state index is 11.8. The third-order valence-electron chi connectivity index (χ3n) is 2.64. The van der Waals surface area contributed by atoms with Crippen molar-refractivity contribution in [2.24, 2.45) is 0 Å². The van der Waals surface area contributed by atoms with Gasteiger partial charge in [0.05, 0.1) is 17.5 Å². The van der Waals surface area contributed by atoms with Crippen LogP contribution < -0.4 is 5.69 Å². The first-order valence-corrected chi connectivity index (χ1v) is 6.26. The highest BCUT2D eigenvalue weighted by atomic mass is 16.6. The summed E-state index contributed by atoms with van der Waals surface area (Å²) in [4.78, 5) is 26.2. The predicted octanol–water partition coefficient (Wildman–Crippen LogP) is 2.06. The normalized spacial score (nSPS) is 11.7. The van der Waals surface area contributed by atoms with Crippen LogP contribution in [0.15, 0.2) is 29.1 Å². The van der Waals surface area contributed by atoms with Crippen LogP contribution in [0.2, 0.25) is 0 Å². The number of aromatic amines is 1. The second-order valence-electron chi connectivity index (χ2n) is 5.44. The summed E-state index contributed by atoms with van der Waals surface area (Å²) in [5, 5.41) is 0. The minimum absolute atomic E-state index is 0.180. The van der Waals surface area contributed by atoms with Crippen LogP contribution in [0, 0.1) is 0 Å². The van der Waals surface area contributed by atoms with Gasteiger partial charge >= 0.3 is 11.7 Å². The van der Waals surface area contributed by atoms with E-state index in [1.54, 1.807) is 4.57 Å². The molecular formula is C14H18N2O3. The molecular weight excluding hydrogens is 244 g/mol. The van der Waals surface area contributed by atoms with Crippen molar-refractivity contribution in [2.75, 3.05) is 0 Å². The fraction of sp³-hybridized carbons (Fsp3) is 0.429. The Labute approximate surface area is 111 Å². The lowest BCUT2D eigenvalue weighted by atomic mass is 10.2. The number of ether oxygens (including phenoxy) is 1. The first kappa shape index (κ1) is 13.4. The van der Waals surface area contributed by atoms with Gasteiger partial charge in [-0.1, -0.05) is 12.1 Å². The van der Waals surface area contributed by atoms with E-state index < -0.39 is 5.60 Å². The molecule has 0 fully saturated rings. The molecule has 0 amide bonds. The molecule has 1 aromatic heterocycles. The number of imidazole rings is 1. The number of H-pyrrole nitrogens is 1. The molecule has 1 aromatic carbocycles. The van der Waals surface area contributed by atoms with Crippen LogP contribution in [-0.2, 0) is 16.1 Å². The number of fused-ring (bicyclic) bond motifs is 1. The lowest BCUT2D eigenvalue weighted by molar-refractivity contribution is -0.155. The Morgan fingerprint density at radius 3 is 2.68 bits per heavy atom. The van der Waals surface area contributed by atoms with Gasteiger partial charge in [0, 0.05) is 6.54 Å². The minimum atomic E-state index is -0.498. The molecule has 5 nitrogen and oxygen atoms in total. The van der Waals surface area contributed by atoms with E-state index in [1.165, 1.54) is 0 Å². The Morgan fingerprint density at radius 2 is 2.00 bits per heavy atom. The quantitative estimate of drug-likeness (QED) is 0.861. The summed E-state index contributed by atoms with van der Waals surface area (Å²) in [5.74, 6) is -0.301. The van der Waals surface area contributed by atoms with Crippen LogP contribution in [0.4, 0.5) is 0 Å². The van der Waals surface area contributed by atoms with Crippen molar-refractivity contribution >= 4 is 17.0 Å². The average Bonchev–Trinajstić information content (AvgIpc) is 2.60. The Morgan fingerprint density at radius 1 is 1.32 bits per heavy atom. The Hall–Kier alpha value is -2.04. The van der Waals surface area contributed by atoms with Crippen LogP contribution in [0.3, 0.4) is 0 Å². The van der Waals surface area contributed by atoms with Crippen molar-refractivity contribution < 1.29 is 9.53 Å². The largest absolute Gasteiger partial charge is 0.460 e. The van der Waals surface area contributed by atoms with E-state index in [0.29, 0.717) is 6.54 Å². The van der Waals surface area contributed by atoms with Gasteiger partial charge < -0.3 is 9.72 Å². The van der Waals surface area contributed by atoms with E-state index in [9.17, 15) is 9.59 Å². The van der Waals surface area contributed by atoms with E-state index in [1.807, 2.05) is 45.0 Å². The first-order chi connectivity index (χ1) is 8.87. The Kier molecular flexibility index (Phi) is 3.46. The van der Waals surface area contributed by atoms with Gasteiger partial charge in [-0.25, -0.2) is 4.79 Å². The van der Waals surface area contributed by atoms with Crippen LogP contribution in [0.25, 0.3) is 11.0 Å². The monoisotopic (exact) mass is 262 g/mol. The number of aryl methyl sites for hydroxylation is 1. The summed E-state index contributed by atoms with van der Waals surface area (Å²) in [5.41, 5.74) is 0.875. The topological polar surface area (TPSA) is 64.1 Å². The molecule has 1 N–H and O–H groups in total. The highest BCUT2D eigenvalue weighted by Crippen LogP contribution is 2.11. The van der Waals surface area contributed by atoms with Gasteiger partial charge in [-0.3, -0.25) is 9.36 Å². The number of aromatic nitrogens is 2. The zero-order valence-electron chi connectivity index (χ0n) is 11.4. The number of rotatable bonds is 3. The van der Waals surface area contributed by atoms with E-state index in [-0.39, 0.29) is 18.1 Å². The fourth-order valence-corrected chi connectivity index (χ4v) is 1.92. The molecule has 5 heteroatoms. The van der Waals surface area contributed by atoms with Gasteiger partial charge in [-0.2, -0.15) is 0 Å². The maximum atomic E-state index is 11.8. The van der Waals surface area contributed by atoms with Crippen LogP contribution in [0.1, 0.15) is 27.2 Å². The number of nitrogens with zero attached hydrogens (tertiary/aromatic N) is 1. The lowest BCUT2D eigenvalue weighted by Crippen LogP contribution is -2.26. The Bertz CT molecular complexity index is 646. The number of nitrogens with one attached hydrogen (secondary N) is 1. The fourth-order valence-electron chi connectivity index (χ4n) is 1.92. The molecule has 0 saturated carbocycles. The van der Waals surface area contributed by atoms with Crippen molar-refractivity contribution in [2.45, 2.75) is 39.3 Å². The molecule has 102 valence electrons. The molecule has 0 unspecified atom stereocenters. The summed E-state index contributed by atoms with van der Waals surface area (Å²) in [6, 6.07) is 7.40. The summed E-state index contributed by atoms with van der Waals surface area (Å²) >= 11 is 0. The second-order valence-corrected chi connectivity index (χ2v) is 5.44. The second kappa shape index (κ2) is 4.91. The molecule has 2 aromatic rings. The molecule has 0 radical (unpaired) electrons. The van der Waals surface area contributed by atoms with Crippen molar-refractivity contribution in [3.8, 4) is 0 Å². The smallest absolute Gasteiger partial charge is 0.326 e. The molecule has 0 bridgehead atoms. The number of esters is 1. The van der Waals surface area contributed by atoms with Gasteiger partial charge in [-0.15, -0.1) is 0 Å². The summed E-state index contributed by atoms with van der Waals surface area (Å²) in [6.07, 6.45) is 0.180. The van der Waals surface area contributed by atoms with Gasteiger partial charge in [0.1, 0.15) is 5.60 Å². The van der Waals surface area contributed by atoms with E-state index >= 15 is 0 Å². The highest BCUT2D eigenvalue weighted by Gasteiger charge is 2.16. The van der Waals surface area contributed by atoms with E-state index in [0.717, 1.165) is 11.0 Å². The molecule has 0 atom stereocenters. The summed E-state index contributed by atoms with van der Waals surface area (Å²) in [7, 11) is 0. The van der Waals surface area contributed by atoms with E-state index in [2.05, 4.69) is 4.98 Å². The number of carbonyl (C=O) groups is 1. The molecule has 2 rings (SSSR count). The van der Waals surface area contributed by atoms with Gasteiger partial charge in [-0.05, 0) is 32.9 Å². The van der Waals surface area contributed by atoms with Gasteiger partial charge in [0.25, 0.3) is 0 Å². The minimum Gasteiger partial charge on any atom is -0.460 e. The summed E-state index contributed by atoms with van der Waals surface area (Å²) in [6.45, 7) is 5.78. The molecule has 0 aliphatic carbocycles. The number of carbonyl (C=O) groups excluding carboxylic acids is 1. The van der Waals surface area contributed by atoms with Crippen molar-refractivity contribution in [1.29, 1.82) is 0 Å². The van der Waals surface area contributed by atoms with Crippen molar-refractivity contribution in [3.63, 3.8) is 0 Å². The number of hydrogen-bond donors (Lipinski definition) is 1. The SMILES string of the molecule is CC(C)(C)OC(=O)CCn1c(=O)[nH]c2ccccc21. The predicted molar refractivity (Wildman–Crippen MR) is 73.0 cm³/mol. The standard InChI is InChI=1S/C14H18N2O3/c1-14(2,3)19-12(17)8-9-16-11-7-5-4-6-10(11)15-13(16)18/h4-7H,8-9H2,1-3H3,(H,15,18). The average molecular weight is 262 g/mol. The van der Waals surface area contributed by atoms with E-state index in [4.69, 9.17) is 4.74 Å². The zero-order valence-corrected chi connectivity index (χ0v) is 11.4. The third-order valence-corrected chi connectivity index (χ3v) is 2.64. The molecule has 0 aliphatic heterocycles. The lowest BCUT2D eigenvalue weighted by Gasteiger charge is -2.19. The van der Waals surface area contributed by atoms with Crippen molar-refractivity contribution in [3.05, 3.63) is 34.7 Å². The maximum Gasteiger partial charge on any atom is 0.326 e. The number of para-hydroxylation sites is 2. The molecule has 0 spiro atoms. The van der Waals surface area contributed by atoms with Crippen LogP contribution in [-0.4, -0.2) is 21.1 Å². The first-order valence-electron chi connectivity index (χ1n) is 6.26. The van der Waals surface area contributed by atoms with Gasteiger partial charge in [0.15, 0.2) is 0 Å². The van der Waals surface area contributed by atoms with Gasteiger partial charge in [0.2, 0.25) is 0 Å². The molecule has 0 saturated heterocycles. The van der Waals surface area contributed by atoms with Crippen molar-refractivity contribution in [1.82, 2.24) is 9.55 Å². The third kappa shape index (κ3) is 3.24. The zero-order chi connectivity index (χ0) is 14.0. The number of hydrogen-bond acceptors (Lipinski definition) is 3. The molecule has 1 heterocycles.